The number of amides is 1. The smallest absolute Gasteiger partial charge is 0.258 e. The molecule has 2 aromatic carbocycles. The molecule has 0 saturated carbocycles. The Morgan fingerprint density at radius 2 is 1.94 bits per heavy atom. The van der Waals surface area contributed by atoms with Crippen LogP contribution in [0.5, 0.6) is 0 Å². The number of para-hydroxylation sites is 2. The van der Waals surface area contributed by atoms with E-state index in [0.29, 0.717) is 23.8 Å². The number of hydrogen-bond acceptors (Lipinski definition) is 5. The number of nitrogens with one attached hydrogen (secondary N) is 2. The maximum absolute atomic E-state index is 13.1. The van der Waals surface area contributed by atoms with E-state index in [4.69, 9.17) is 4.42 Å². The van der Waals surface area contributed by atoms with Crippen LogP contribution < -0.4 is 10.0 Å². The van der Waals surface area contributed by atoms with Gasteiger partial charge in [-0.1, -0.05) is 25.1 Å². The average Bonchev–Trinajstić information content (AvgIpc) is 3.41. The molecule has 166 valence electrons. The molecule has 0 radical (unpaired) electrons. The molecule has 2 heterocycles. The number of anilines is 1. The minimum Gasteiger partial charge on any atom is -0.468 e. The maximum Gasteiger partial charge on any atom is 0.258 e. The molecule has 0 bridgehead atoms. The van der Waals surface area contributed by atoms with Crippen molar-refractivity contribution in [3.8, 4) is 0 Å². The molecule has 0 aliphatic rings. The molecule has 0 aliphatic carbocycles. The van der Waals surface area contributed by atoms with Gasteiger partial charge < -0.3 is 8.98 Å². The average molecular weight is 453 g/mol. The molecule has 32 heavy (non-hydrogen) atoms. The van der Waals surface area contributed by atoms with Gasteiger partial charge in [0.05, 0.1) is 28.7 Å². The Balaban J connectivity index is 1.61. The van der Waals surface area contributed by atoms with Crippen molar-refractivity contribution < 1.29 is 17.6 Å². The Kier molecular flexibility index (Phi) is 6.11. The summed E-state index contributed by atoms with van der Waals surface area (Å²) >= 11 is 0. The van der Waals surface area contributed by atoms with Gasteiger partial charge in [0, 0.05) is 12.1 Å². The van der Waals surface area contributed by atoms with Crippen molar-refractivity contribution in [1.29, 1.82) is 0 Å². The predicted molar refractivity (Wildman–Crippen MR) is 122 cm³/mol. The molecule has 8 nitrogen and oxygen atoms in total. The standard InChI is InChI=1S/C23H24N4O4S/c1-3-12-27-21-9-5-4-8-20(21)25-23(27)26-22(28)19-14-18(11-10-16(19)2)32(29,30)24-15-17-7-6-13-31-17/h4-11,13-14,24H,3,12,15H2,1-2H3,(H,25,26,28). The summed E-state index contributed by atoms with van der Waals surface area (Å²) < 4.78 is 35.1. The quantitative estimate of drug-likeness (QED) is 0.419. The van der Waals surface area contributed by atoms with Crippen molar-refractivity contribution in [3.05, 3.63) is 77.7 Å². The largest absolute Gasteiger partial charge is 0.468 e. The Hall–Kier alpha value is -3.43. The fourth-order valence-corrected chi connectivity index (χ4v) is 4.48. The summed E-state index contributed by atoms with van der Waals surface area (Å²) in [5.74, 6) is 0.508. The molecule has 1 amide bonds. The highest BCUT2D eigenvalue weighted by atomic mass is 32.2. The monoisotopic (exact) mass is 452 g/mol. The van der Waals surface area contributed by atoms with Crippen LogP contribution in [-0.4, -0.2) is 23.9 Å². The zero-order valence-corrected chi connectivity index (χ0v) is 18.6. The number of fused-ring (bicyclic) bond motifs is 1. The number of imidazole rings is 1. The lowest BCUT2D eigenvalue weighted by molar-refractivity contribution is 0.102. The molecule has 2 N–H and O–H groups in total. The van der Waals surface area contributed by atoms with Gasteiger partial charge in [-0.3, -0.25) is 10.1 Å². The molecule has 0 atom stereocenters. The Morgan fingerprint density at radius 1 is 1.12 bits per heavy atom. The van der Waals surface area contributed by atoms with Crippen molar-refractivity contribution in [2.24, 2.45) is 0 Å². The third-order valence-electron chi connectivity index (χ3n) is 5.11. The molecular formula is C23H24N4O4S. The second-order valence-corrected chi connectivity index (χ2v) is 9.18. The second kappa shape index (κ2) is 8.97. The number of carbonyl (C=O) groups excluding carboxylic acids is 1. The summed E-state index contributed by atoms with van der Waals surface area (Å²) in [6.07, 6.45) is 2.35. The van der Waals surface area contributed by atoms with E-state index in [1.165, 1.54) is 18.4 Å². The van der Waals surface area contributed by atoms with Crippen LogP contribution in [0.1, 0.15) is 35.0 Å². The van der Waals surface area contributed by atoms with Crippen LogP contribution in [0, 0.1) is 6.92 Å². The highest BCUT2D eigenvalue weighted by Crippen LogP contribution is 2.22. The van der Waals surface area contributed by atoms with E-state index in [1.54, 1.807) is 25.1 Å². The van der Waals surface area contributed by atoms with E-state index in [9.17, 15) is 13.2 Å². The Morgan fingerprint density at radius 3 is 2.69 bits per heavy atom. The van der Waals surface area contributed by atoms with Gasteiger partial charge in [-0.05, 0) is 55.3 Å². The minimum atomic E-state index is -3.83. The number of sulfonamides is 1. The summed E-state index contributed by atoms with van der Waals surface area (Å²) in [6, 6.07) is 15.5. The summed E-state index contributed by atoms with van der Waals surface area (Å²) in [7, 11) is -3.83. The number of nitrogens with zero attached hydrogens (tertiary/aromatic N) is 2. The van der Waals surface area contributed by atoms with Crippen LogP contribution in [0.3, 0.4) is 0 Å². The van der Waals surface area contributed by atoms with Crippen LogP contribution in [0.4, 0.5) is 5.95 Å². The van der Waals surface area contributed by atoms with Crippen LogP contribution in [0.15, 0.2) is 70.2 Å². The van der Waals surface area contributed by atoms with E-state index in [0.717, 1.165) is 17.5 Å². The predicted octanol–water partition coefficient (Wildman–Crippen LogP) is 4.08. The zero-order chi connectivity index (χ0) is 22.7. The van der Waals surface area contributed by atoms with Gasteiger partial charge in [0.15, 0.2) is 0 Å². The number of hydrogen-bond donors (Lipinski definition) is 2. The number of aromatic nitrogens is 2. The van der Waals surface area contributed by atoms with Crippen LogP contribution in [-0.2, 0) is 23.1 Å². The molecule has 0 unspecified atom stereocenters. The van der Waals surface area contributed by atoms with Gasteiger partial charge in [0.25, 0.3) is 5.91 Å². The fraction of sp³-hybridized carbons (Fsp3) is 0.217. The Bertz CT molecular complexity index is 1360. The second-order valence-electron chi connectivity index (χ2n) is 7.41. The lowest BCUT2D eigenvalue weighted by atomic mass is 10.1. The van der Waals surface area contributed by atoms with E-state index < -0.39 is 15.9 Å². The highest BCUT2D eigenvalue weighted by molar-refractivity contribution is 7.89. The molecule has 0 spiro atoms. The van der Waals surface area contributed by atoms with E-state index in [2.05, 4.69) is 21.9 Å². The Labute approximate surface area is 186 Å². The first-order valence-corrected chi connectivity index (χ1v) is 11.8. The van der Waals surface area contributed by atoms with Crippen molar-refractivity contribution in [2.75, 3.05) is 5.32 Å². The first-order chi connectivity index (χ1) is 15.4. The minimum absolute atomic E-state index is 0.00173. The number of furan rings is 1. The number of benzene rings is 2. The third kappa shape index (κ3) is 4.44. The molecule has 9 heteroatoms. The molecule has 0 fully saturated rings. The molecule has 0 saturated heterocycles. The molecule has 4 rings (SSSR count). The fourth-order valence-electron chi connectivity index (χ4n) is 3.47. The van der Waals surface area contributed by atoms with Crippen LogP contribution >= 0.6 is 0 Å². The summed E-state index contributed by atoms with van der Waals surface area (Å²) in [6.45, 7) is 4.52. The van der Waals surface area contributed by atoms with Gasteiger partial charge in [-0.2, -0.15) is 0 Å². The van der Waals surface area contributed by atoms with Gasteiger partial charge in [-0.25, -0.2) is 18.1 Å². The van der Waals surface area contributed by atoms with Crippen molar-refractivity contribution in [2.45, 2.75) is 38.3 Å². The van der Waals surface area contributed by atoms with Crippen molar-refractivity contribution in [3.63, 3.8) is 0 Å². The van der Waals surface area contributed by atoms with E-state index >= 15 is 0 Å². The molecule has 0 aliphatic heterocycles. The number of aryl methyl sites for hydroxylation is 2. The molecule has 2 aromatic heterocycles. The number of carbonyl (C=O) groups is 1. The summed E-state index contributed by atoms with van der Waals surface area (Å²) in [4.78, 5) is 17.6. The van der Waals surface area contributed by atoms with Gasteiger partial charge in [-0.15, -0.1) is 0 Å². The lowest BCUT2D eigenvalue weighted by Crippen LogP contribution is -2.24. The van der Waals surface area contributed by atoms with Gasteiger partial charge in [0.1, 0.15) is 5.76 Å². The van der Waals surface area contributed by atoms with Crippen LogP contribution in [0.25, 0.3) is 11.0 Å². The molecule has 4 aromatic rings. The van der Waals surface area contributed by atoms with Crippen LogP contribution in [0.2, 0.25) is 0 Å². The first-order valence-electron chi connectivity index (χ1n) is 10.3. The zero-order valence-electron chi connectivity index (χ0n) is 17.8. The van der Waals surface area contributed by atoms with Crippen molar-refractivity contribution in [1.82, 2.24) is 14.3 Å². The third-order valence-corrected chi connectivity index (χ3v) is 6.51. The van der Waals surface area contributed by atoms with Gasteiger partial charge in [0.2, 0.25) is 16.0 Å². The lowest BCUT2D eigenvalue weighted by Gasteiger charge is -2.12. The van der Waals surface area contributed by atoms with E-state index in [1.807, 2.05) is 28.8 Å². The van der Waals surface area contributed by atoms with Crippen molar-refractivity contribution >= 4 is 32.9 Å². The molecular weight excluding hydrogens is 428 g/mol. The first kappa shape index (κ1) is 21.8. The topological polar surface area (TPSA) is 106 Å². The van der Waals surface area contributed by atoms with Gasteiger partial charge >= 0.3 is 0 Å². The highest BCUT2D eigenvalue weighted by Gasteiger charge is 2.20. The normalized spacial score (nSPS) is 11.7. The summed E-state index contributed by atoms with van der Waals surface area (Å²) in [5.41, 5.74) is 2.64. The SMILES string of the molecule is CCCn1c(NC(=O)c2cc(S(=O)(=O)NCc3ccco3)ccc2C)nc2ccccc21. The summed E-state index contributed by atoms with van der Waals surface area (Å²) in [5, 5.41) is 2.86. The number of rotatable bonds is 8. The maximum atomic E-state index is 13.1. The van der Waals surface area contributed by atoms with E-state index in [-0.39, 0.29) is 17.0 Å².